The third-order valence-electron chi connectivity index (χ3n) is 4.42. The van der Waals surface area contributed by atoms with Crippen LogP contribution >= 0.6 is 0 Å². The Hall–Kier alpha value is -2.71. The van der Waals surface area contributed by atoms with E-state index in [-0.39, 0.29) is 17.4 Å². The summed E-state index contributed by atoms with van der Waals surface area (Å²) < 4.78 is 48.0. The number of esters is 1. The van der Waals surface area contributed by atoms with E-state index in [0.717, 1.165) is 23.8 Å². The number of hydrogen-bond acceptors (Lipinski definition) is 5. The van der Waals surface area contributed by atoms with Gasteiger partial charge in [0.25, 0.3) is 5.91 Å². The summed E-state index contributed by atoms with van der Waals surface area (Å²) in [7, 11) is 1.37. The van der Waals surface area contributed by atoms with Gasteiger partial charge in [0.15, 0.2) is 18.1 Å². The van der Waals surface area contributed by atoms with Crippen LogP contribution in [0.15, 0.2) is 24.3 Å². The zero-order chi connectivity index (χ0) is 20.9. The fourth-order valence-corrected chi connectivity index (χ4v) is 2.71. The van der Waals surface area contributed by atoms with Crippen molar-refractivity contribution in [2.75, 3.05) is 20.3 Å². The van der Waals surface area contributed by atoms with Crippen LogP contribution in [0, 0.1) is 5.92 Å². The second kappa shape index (κ2) is 8.99. The van der Waals surface area contributed by atoms with Gasteiger partial charge in [-0.05, 0) is 49.5 Å². The van der Waals surface area contributed by atoms with Gasteiger partial charge in [0, 0.05) is 12.1 Å². The van der Waals surface area contributed by atoms with E-state index in [4.69, 9.17) is 9.47 Å². The van der Waals surface area contributed by atoms with Gasteiger partial charge in [-0.15, -0.1) is 0 Å². The zero-order valence-corrected chi connectivity index (χ0v) is 15.5. The average Bonchev–Trinajstić information content (AvgIpc) is 3.47. The maximum atomic E-state index is 12.8. The Morgan fingerprint density at radius 1 is 1.36 bits per heavy atom. The van der Waals surface area contributed by atoms with Gasteiger partial charge in [0.2, 0.25) is 0 Å². The van der Waals surface area contributed by atoms with Gasteiger partial charge in [0.05, 0.1) is 7.11 Å². The fraction of sp³-hybridized carbons (Fsp3) is 0.474. The van der Waals surface area contributed by atoms with E-state index >= 15 is 0 Å². The molecule has 1 aromatic carbocycles. The van der Waals surface area contributed by atoms with Gasteiger partial charge in [-0.25, -0.2) is 4.79 Å². The number of phenolic OH excluding ortho intramolecular Hbond substituents is 1. The van der Waals surface area contributed by atoms with Crippen LogP contribution in [-0.2, 0) is 14.3 Å². The highest BCUT2D eigenvalue weighted by Gasteiger charge is 2.40. The molecule has 28 heavy (non-hydrogen) atoms. The topological polar surface area (TPSA) is 76.1 Å². The normalized spacial score (nSPS) is 15.3. The largest absolute Gasteiger partial charge is 0.504 e. The lowest BCUT2D eigenvalue weighted by Crippen LogP contribution is -2.47. The predicted octanol–water partition coefficient (Wildman–Crippen LogP) is 3.15. The SMILES string of the molecule is COc1cc(/C=C/C(=O)OCC(=O)N(CC(F)(F)F)[C@H](C)C2CC2)ccc1O. The van der Waals surface area contributed by atoms with Crippen molar-refractivity contribution in [3.05, 3.63) is 29.8 Å². The zero-order valence-electron chi connectivity index (χ0n) is 15.5. The molecule has 2 rings (SSSR count). The van der Waals surface area contributed by atoms with Crippen molar-refractivity contribution in [3.8, 4) is 11.5 Å². The Bertz CT molecular complexity index is 744. The highest BCUT2D eigenvalue weighted by Crippen LogP contribution is 2.36. The number of rotatable bonds is 8. The molecular weight excluding hydrogens is 379 g/mol. The van der Waals surface area contributed by atoms with Crippen LogP contribution in [0.4, 0.5) is 13.2 Å². The van der Waals surface area contributed by atoms with Crippen LogP contribution < -0.4 is 4.74 Å². The molecule has 1 fully saturated rings. The monoisotopic (exact) mass is 401 g/mol. The number of benzene rings is 1. The number of carbonyl (C=O) groups is 2. The summed E-state index contributed by atoms with van der Waals surface area (Å²) in [6.07, 6.45) is -0.559. The fourth-order valence-electron chi connectivity index (χ4n) is 2.71. The molecule has 1 atom stereocenters. The molecule has 154 valence electrons. The van der Waals surface area contributed by atoms with Crippen molar-refractivity contribution in [2.24, 2.45) is 5.92 Å². The van der Waals surface area contributed by atoms with E-state index in [0.29, 0.717) is 5.56 Å². The molecule has 1 aliphatic rings. The van der Waals surface area contributed by atoms with Gasteiger partial charge in [0.1, 0.15) is 6.54 Å². The lowest BCUT2D eigenvalue weighted by atomic mass is 10.2. The number of nitrogens with zero attached hydrogens (tertiary/aromatic N) is 1. The Morgan fingerprint density at radius 2 is 2.04 bits per heavy atom. The lowest BCUT2D eigenvalue weighted by molar-refractivity contribution is -0.170. The molecule has 1 aromatic rings. The highest BCUT2D eigenvalue weighted by molar-refractivity contribution is 5.89. The first-order valence-electron chi connectivity index (χ1n) is 8.69. The minimum atomic E-state index is -4.53. The molecule has 0 radical (unpaired) electrons. The molecule has 1 aliphatic carbocycles. The van der Waals surface area contributed by atoms with Crippen molar-refractivity contribution in [1.29, 1.82) is 0 Å². The van der Waals surface area contributed by atoms with Gasteiger partial charge >= 0.3 is 12.1 Å². The number of phenols is 1. The summed E-state index contributed by atoms with van der Waals surface area (Å²) in [6, 6.07) is 3.82. The van der Waals surface area contributed by atoms with Crippen LogP contribution in [0.3, 0.4) is 0 Å². The molecule has 6 nitrogen and oxygen atoms in total. The number of amides is 1. The van der Waals surface area contributed by atoms with Gasteiger partial charge < -0.3 is 19.5 Å². The third-order valence-corrected chi connectivity index (χ3v) is 4.42. The minimum Gasteiger partial charge on any atom is -0.504 e. The molecule has 0 heterocycles. The maximum absolute atomic E-state index is 12.8. The predicted molar refractivity (Wildman–Crippen MR) is 94.6 cm³/mol. The third kappa shape index (κ3) is 6.47. The minimum absolute atomic E-state index is 0.0476. The number of halogens is 3. The molecule has 1 N–H and O–H groups in total. The first-order chi connectivity index (χ1) is 13.1. The van der Waals surface area contributed by atoms with E-state index < -0.39 is 37.2 Å². The van der Waals surface area contributed by atoms with Gasteiger partial charge in [-0.3, -0.25) is 4.79 Å². The number of alkyl halides is 3. The number of aromatic hydroxyl groups is 1. The Labute approximate surface area is 160 Å². The van der Waals surface area contributed by atoms with Crippen molar-refractivity contribution >= 4 is 18.0 Å². The molecule has 0 unspecified atom stereocenters. The van der Waals surface area contributed by atoms with Crippen molar-refractivity contribution in [1.82, 2.24) is 4.90 Å². The Balaban J connectivity index is 1.93. The Morgan fingerprint density at radius 3 is 2.61 bits per heavy atom. The van der Waals surface area contributed by atoms with E-state index in [1.165, 1.54) is 31.4 Å². The van der Waals surface area contributed by atoms with Crippen LogP contribution in [0.2, 0.25) is 0 Å². The van der Waals surface area contributed by atoms with Crippen molar-refractivity contribution < 1.29 is 37.3 Å². The summed E-state index contributed by atoms with van der Waals surface area (Å²) in [4.78, 5) is 24.7. The standard InChI is InChI=1S/C19H22F3NO5/c1-12(14-5-6-14)23(11-19(20,21)22)17(25)10-28-18(26)8-4-13-3-7-15(24)16(9-13)27-2/h3-4,7-9,12,14,24H,5-6,10-11H2,1-2H3/b8-4+/t12-/m1/s1. The van der Waals surface area contributed by atoms with Gasteiger partial charge in [-0.1, -0.05) is 6.07 Å². The average molecular weight is 401 g/mol. The first kappa shape index (κ1) is 21.6. The summed E-state index contributed by atoms with van der Waals surface area (Å²) in [5, 5.41) is 9.52. The smallest absolute Gasteiger partial charge is 0.406 e. The molecule has 1 amide bonds. The molecular formula is C19H22F3NO5. The van der Waals surface area contributed by atoms with Crippen LogP contribution in [-0.4, -0.2) is 54.4 Å². The number of hydrogen-bond donors (Lipinski definition) is 1. The molecule has 0 aliphatic heterocycles. The first-order valence-corrected chi connectivity index (χ1v) is 8.69. The summed E-state index contributed by atoms with van der Waals surface area (Å²) in [5.41, 5.74) is 0.527. The number of carbonyl (C=O) groups excluding carboxylic acids is 2. The lowest BCUT2D eigenvalue weighted by Gasteiger charge is -2.30. The molecule has 1 saturated carbocycles. The second-order valence-electron chi connectivity index (χ2n) is 6.59. The summed E-state index contributed by atoms with van der Waals surface area (Å²) >= 11 is 0. The van der Waals surface area contributed by atoms with Crippen LogP contribution in [0.25, 0.3) is 6.08 Å². The quantitative estimate of drug-likeness (QED) is 0.535. The molecule has 9 heteroatoms. The highest BCUT2D eigenvalue weighted by atomic mass is 19.4. The maximum Gasteiger partial charge on any atom is 0.406 e. The number of ether oxygens (including phenoxy) is 2. The van der Waals surface area contributed by atoms with E-state index in [9.17, 15) is 27.9 Å². The molecule has 0 saturated heterocycles. The summed E-state index contributed by atoms with van der Waals surface area (Å²) in [6.45, 7) is -0.569. The molecule has 0 bridgehead atoms. The van der Waals surface area contributed by atoms with Gasteiger partial charge in [-0.2, -0.15) is 13.2 Å². The molecule has 0 spiro atoms. The van der Waals surface area contributed by atoms with E-state index in [2.05, 4.69) is 0 Å². The Kier molecular flexibility index (Phi) is 6.93. The summed E-state index contributed by atoms with van der Waals surface area (Å²) in [5.74, 6) is -1.56. The van der Waals surface area contributed by atoms with E-state index in [1.54, 1.807) is 6.92 Å². The van der Waals surface area contributed by atoms with E-state index in [1.807, 2.05) is 0 Å². The molecule has 0 aromatic heterocycles. The van der Waals surface area contributed by atoms with Crippen molar-refractivity contribution in [3.63, 3.8) is 0 Å². The number of methoxy groups -OCH3 is 1. The van der Waals surface area contributed by atoms with Crippen LogP contribution in [0.1, 0.15) is 25.3 Å². The van der Waals surface area contributed by atoms with Crippen molar-refractivity contribution in [2.45, 2.75) is 32.0 Å². The van der Waals surface area contributed by atoms with Crippen LogP contribution in [0.5, 0.6) is 11.5 Å². The second-order valence-corrected chi connectivity index (χ2v) is 6.59.